The van der Waals surface area contributed by atoms with Gasteiger partial charge in [-0.05, 0) is 13.3 Å². The molecule has 1 N–H and O–H groups in total. The summed E-state index contributed by atoms with van der Waals surface area (Å²) < 4.78 is 5.27. The highest BCUT2D eigenvalue weighted by atomic mass is 127. The van der Waals surface area contributed by atoms with Crippen molar-refractivity contribution in [1.82, 2.24) is 0 Å². The van der Waals surface area contributed by atoms with E-state index in [1.165, 1.54) is 7.11 Å². The van der Waals surface area contributed by atoms with Crippen molar-refractivity contribution in [3.05, 3.63) is 0 Å². The average molecular weight is 272 g/mol. The number of hydrogen-bond acceptors (Lipinski definition) is 3. The maximum atomic E-state index is 10.7. The summed E-state index contributed by atoms with van der Waals surface area (Å²) in [6.07, 6.45) is 0.690. The molecule has 0 saturated heterocycles. The summed E-state index contributed by atoms with van der Waals surface area (Å²) >= 11 is 2.16. The van der Waals surface area contributed by atoms with Gasteiger partial charge in [-0.25, -0.2) is 0 Å². The molecule has 1 atom stereocenters. The zero-order valence-corrected chi connectivity index (χ0v) is 8.92. The molecule has 0 rings (SSSR count). The van der Waals surface area contributed by atoms with Crippen LogP contribution in [0.5, 0.6) is 0 Å². The van der Waals surface area contributed by atoms with Gasteiger partial charge in [-0.1, -0.05) is 22.6 Å². The van der Waals surface area contributed by atoms with E-state index in [1.54, 1.807) is 6.92 Å². The largest absolute Gasteiger partial charge is 0.469 e. The molecule has 0 aliphatic rings. The Morgan fingerprint density at radius 3 is 2.64 bits per heavy atom. The van der Waals surface area contributed by atoms with E-state index in [-0.39, 0.29) is 12.4 Å². The Kier molecular flexibility index (Phi) is 4.99. The average Bonchev–Trinajstić information content (AvgIpc) is 1.86. The molecule has 0 bridgehead atoms. The second-order valence-electron chi connectivity index (χ2n) is 2.69. The van der Waals surface area contributed by atoms with E-state index in [1.807, 2.05) is 0 Å². The zero-order valence-electron chi connectivity index (χ0n) is 6.76. The Morgan fingerprint density at radius 2 is 2.27 bits per heavy atom. The van der Waals surface area contributed by atoms with Gasteiger partial charge < -0.3 is 9.84 Å². The van der Waals surface area contributed by atoms with Crippen LogP contribution < -0.4 is 0 Å². The van der Waals surface area contributed by atoms with Crippen molar-refractivity contribution in [1.29, 1.82) is 0 Å². The van der Waals surface area contributed by atoms with Crippen molar-refractivity contribution < 1.29 is 14.6 Å². The number of methoxy groups -OCH3 is 1. The summed E-state index contributed by atoms with van der Waals surface area (Å²) in [6.45, 7) is 1.64. The number of alkyl halides is 1. The molecule has 0 aliphatic heterocycles. The summed E-state index contributed by atoms with van der Waals surface area (Å²) in [5, 5.41) is 9.51. The van der Waals surface area contributed by atoms with Gasteiger partial charge in [0, 0.05) is 4.43 Å². The van der Waals surface area contributed by atoms with Crippen LogP contribution in [0.4, 0.5) is 0 Å². The topological polar surface area (TPSA) is 46.5 Å². The van der Waals surface area contributed by atoms with E-state index in [0.29, 0.717) is 6.42 Å². The normalized spacial score (nSPS) is 15.6. The van der Waals surface area contributed by atoms with E-state index in [9.17, 15) is 9.90 Å². The summed E-state index contributed by atoms with van der Waals surface area (Å²) in [4.78, 5) is 10.7. The molecule has 0 unspecified atom stereocenters. The lowest BCUT2D eigenvalue weighted by atomic mass is 10.00. The number of esters is 1. The Morgan fingerprint density at radius 1 is 1.73 bits per heavy atom. The first-order valence-corrected chi connectivity index (χ1v) is 4.89. The molecule has 66 valence electrons. The molecule has 0 radical (unpaired) electrons. The van der Waals surface area contributed by atoms with Crippen molar-refractivity contribution in [2.45, 2.75) is 25.4 Å². The van der Waals surface area contributed by atoms with E-state index < -0.39 is 5.60 Å². The lowest BCUT2D eigenvalue weighted by Crippen LogP contribution is -2.28. The molecular formula is C7H13IO3. The number of rotatable bonds is 4. The monoisotopic (exact) mass is 272 g/mol. The van der Waals surface area contributed by atoms with Crippen LogP contribution in [-0.4, -0.2) is 28.2 Å². The molecule has 0 aromatic rings. The van der Waals surface area contributed by atoms with Gasteiger partial charge in [0.15, 0.2) is 0 Å². The van der Waals surface area contributed by atoms with Crippen molar-refractivity contribution in [3.8, 4) is 0 Å². The SMILES string of the molecule is COC(=O)C[C@](C)(O)CCI. The minimum Gasteiger partial charge on any atom is -0.469 e. The standard InChI is InChI=1S/C7H13IO3/c1-7(10,3-4-8)5-6(9)11-2/h10H,3-5H2,1-2H3/t7-/m1/s1. The maximum absolute atomic E-state index is 10.7. The van der Waals surface area contributed by atoms with Crippen LogP contribution in [-0.2, 0) is 9.53 Å². The number of carbonyl (C=O) groups excluding carboxylic acids is 1. The molecule has 0 saturated carbocycles. The quantitative estimate of drug-likeness (QED) is 0.474. The molecular weight excluding hydrogens is 259 g/mol. The molecule has 0 aliphatic carbocycles. The van der Waals surface area contributed by atoms with E-state index >= 15 is 0 Å². The van der Waals surface area contributed by atoms with Crippen molar-refractivity contribution in [2.75, 3.05) is 11.5 Å². The zero-order chi connectivity index (χ0) is 8.91. The van der Waals surface area contributed by atoms with Gasteiger partial charge in [-0.3, -0.25) is 4.79 Å². The highest BCUT2D eigenvalue weighted by molar-refractivity contribution is 14.1. The lowest BCUT2D eigenvalue weighted by Gasteiger charge is -2.19. The van der Waals surface area contributed by atoms with Crippen LogP contribution in [0.3, 0.4) is 0 Å². The van der Waals surface area contributed by atoms with Gasteiger partial charge in [0.05, 0.1) is 19.1 Å². The molecule has 0 spiro atoms. The molecule has 3 nitrogen and oxygen atoms in total. The second-order valence-corrected chi connectivity index (χ2v) is 3.77. The fourth-order valence-corrected chi connectivity index (χ4v) is 1.84. The Labute approximate surface area is 80.3 Å². The summed E-state index contributed by atoms with van der Waals surface area (Å²) in [7, 11) is 1.32. The first kappa shape index (κ1) is 11.2. The third-order valence-corrected chi connectivity index (χ3v) is 1.93. The number of halogens is 1. The third-order valence-electron chi connectivity index (χ3n) is 1.39. The van der Waals surface area contributed by atoms with Crippen molar-refractivity contribution in [2.24, 2.45) is 0 Å². The molecule has 0 heterocycles. The Hall–Kier alpha value is 0.160. The van der Waals surface area contributed by atoms with Gasteiger partial charge >= 0.3 is 5.97 Å². The highest BCUT2D eigenvalue weighted by Crippen LogP contribution is 2.15. The van der Waals surface area contributed by atoms with Crippen LogP contribution in [0.1, 0.15) is 19.8 Å². The van der Waals surface area contributed by atoms with Crippen LogP contribution >= 0.6 is 22.6 Å². The van der Waals surface area contributed by atoms with Gasteiger partial charge in [-0.2, -0.15) is 0 Å². The van der Waals surface area contributed by atoms with Crippen LogP contribution in [0.25, 0.3) is 0 Å². The minimum absolute atomic E-state index is 0.0759. The third kappa shape index (κ3) is 5.43. The number of aliphatic hydroxyl groups is 1. The summed E-state index contributed by atoms with van der Waals surface area (Å²) in [5.41, 5.74) is -0.908. The van der Waals surface area contributed by atoms with Crippen LogP contribution in [0, 0.1) is 0 Å². The van der Waals surface area contributed by atoms with Crippen LogP contribution in [0.15, 0.2) is 0 Å². The molecule has 0 amide bonds. The number of carbonyl (C=O) groups is 1. The Balaban J connectivity index is 3.80. The van der Waals surface area contributed by atoms with Crippen molar-refractivity contribution in [3.63, 3.8) is 0 Å². The van der Waals surface area contributed by atoms with Crippen molar-refractivity contribution >= 4 is 28.6 Å². The predicted octanol–water partition coefficient (Wildman–Crippen LogP) is 1.13. The molecule has 11 heavy (non-hydrogen) atoms. The number of ether oxygens (including phenoxy) is 1. The molecule has 0 aromatic heterocycles. The van der Waals surface area contributed by atoms with E-state index in [4.69, 9.17) is 0 Å². The van der Waals surface area contributed by atoms with Crippen LogP contribution in [0.2, 0.25) is 0 Å². The fraction of sp³-hybridized carbons (Fsp3) is 0.857. The minimum atomic E-state index is -0.908. The number of hydrogen-bond donors (Lipinski definition) is 1. The first-order chi connectivity index (χ1) is 5.02. The van der Waals surface area contributed by atoms with Gasteiger partial charge in [-0.15, -0.1) is 0 Å². The first-order valence-electron chi connectivity index (χ1n) is 3.37. The maximum Gasteiger partial charge on any atom is 0.308 e. The highest BCUT2D eigenvalue weighted by Gasteiger charge is 2.23. The van der Waals surface area contributed by atoms with Gasteiger partial charge in [0.25, 0.3) is 0 Å². The smallest absolute Gasteiger partial charge is 0.308 e. The molecule has 0 aromatic carbocycles. The second kappa shape index (κ2) is 4.92. The Bertz CT molecular complexity index is 134. The summed E-state index contributed by atoms with van der Waals surface area (Å²) in [5.74, 6) is -0.361. The van der Waals surface area contributed by atoms with Gasteiger partial charge in [0.2, 0.25) is 0 Å². The summed E-state index contributed by atoms with van der Waals surface area (Å²) in [6, 6.07) is 0. The molecule has 4 heteroatoms. The van der Waals surface area contributed by atoms with E-state index in [0.717, 1.165) is 4.43 Å². The lowest BCUT2D eigenvalue weighted by molar-refractivity contribution is -0.145. The predicted molar refractivity (Wildman–Crippen MR) is 50.8 cm³/mol. The van der Waals surface area contributed by atoms with Gasteiger partial charge in [0.1, 0.15) is 0 Å². The molecule has 0 fully saturated rings. The fourth-order valence-electron chi connectivity index (χ4n) is 0.675. The van der Waals surface area contributed by atoms with E-state index in [2.05, 4.69) is 27.3 Å².